The van der Waals surface area contributed by atoms with Crippen molar-refractivity contribution in [2.24, 2.45) is 0 Å². The van der Waals surface area contributed by atoms with E-state index in [1.165, 1.54) is 13.2 Å². The summed E-state index contributed by atoms with van der Waals surface area (Å²) in [5.74, 6) is 1.05. The van der Waals surface area contributed by atoms with E-state index in [1.54, 1.807) is 18.2 Å². The molecule has 0 unspecified atom stereocenters. The number of benzene rings is 2. The van der Waals surface area contributed by atoms with Gasteiger partial charge in [-0.1, -0.05) is 18.6 Å². The van der Waals surface area contributed by atoms with Crippen molar-refractivity contribution in [1.82, 2.24) is 0 Å². The van der Waals surface area contributed by atoms with E-state index < -0.39 is 5.63 Å². The number of halogens is 1. The number of carbonyl (C=O) groups excluding carboxylic acids is 1. The number of alkyl halides is 1. The van der Waals surface area contributed by atoms with Crippen LogP contribution in [0.3, 0.4) is 0 Å². The molecule has 3 rings (SSSR count). The van der Waals surface area contributed by atoms with Gasteiger partial charge in [0.1, 0.15) is 5.58 Å². The van der Waals surface area contributed by atoms with Crippen LogP contribution in [-0.4, -0.2) is 26.0 Å². The van der Waals surface area contributed by atoms with Gasteiger partial charge in [0.25, 0.3) is 0 Å². The third-order valence-corrected chi connectivity index (χ3v) is 5.03. The molecular formula is C23H24ClNO5. The molecule has 0 fully saturated rings. The zero-order valence-electron chi connectivity index (χ0n) is 17.0. The summed E-state index contributed by atoms with van der Waals surface area (Å²) < 4.78 is 16.2. The molecule has 1 aromatic heterocycles. The Balaban J connectivity index is 1.87. The second kappa shape index (κ2) is 10.2. The summed E-state index contributed by atoms with van der Waals surface area (Å²) in [5, 5.41) is 0.799. The molecule has 1 heterocycles. The number of anilines is 2. The highest BCUT2D eigenvalue weighted by Crippen LogP contribution is 2.36. The second-order valence-corrected chi connectivity index (χ2v) is 7.19. The van der Waals surface area contributed by atoms with E-state index in [1.807, 2.05) is 36.2 Å². The van der Waals surface area contributed by atoms with Crippen LogP contribution in [0.4, 0.5) is 11.4 Å². The summed E-state index contributed by atoms with van der Waals surface area (Å²) in [4.78, 5) is 26.1. The first-order valence-electron chi connectivity index (χ1n) is 9.75. The van der Waals surface area contributed by atoms with Gasteiger partial charge in [-0.25, -0.2) is 4.79 Å². The van der Waals surface area contributed by atoms with E-state index in [-0.39, 0.29) is 5.97 Å². The van der Waals surface area contributed by atoms with Gasteiger partial charge in [0, 0.05) is 42.6 Å². The number of unbranched alkanes of at least 4 members (excludes halogenated alkanes) is 2. The Morgan fingerprint density at radius 2 is 1.87 bits per heavy atom. The minimum atomic E-state index is -0.437. The van der Waals surface area contributed by atoms with Crippen LogP contribution in [0.25, 0.3) is 11.0 Å². The molecule has 7 heteroatoms. The lowest BCUT2D eigenvalue weighted by Gasteiger charge is -2.22. The lowest BCUT2D eigenvalue weighted by molar-refractivity contribution is -0.134. The van der Waals surface area contributed by atoms with Gasteiger partial charge in [0.05, 0.1) is 12.8 Å². The zero-order chi connectivity index (χ0) is 21.5. The molecular weight excluding hydrogens is 406 g/mol. The van der Waals surface area contributed by atoms with Gasteiger partial charge in [0.15, 0.2) is 11.5 Å². The van der Waals surface area contributed by atoms with Gasteiger partial charge in [-0.05, 0) is 37.1 Å². The van der Waals surface area contributed by atoms with Crippen LogP contribution in [0, 0.1) is 0 Å². The van der Waals surface area contributed by atoms with Crippen LogP contribution in [0.2, 0.25) is 0 Å². The van der Waals surface area contributed by atoms with Crippen molar-refractivity contribution in [3.05, 3.63) is 59.0 Å². The Hall–Kier alpha value is -2.99. The normalized spacial score (nSPS) is 10.8. The molecule has 0 atom stereocenters. The van der Waals surface area contributed by atoms with Crippen molar-refractivity contribution in [1.29, 1.82) is 0 Å². The Labute approximate surface area is 180 Å². The molecule has 0 saturated heterocycles. The smallest absolute Gasteiger partial charge is 0.338 e. The first kappa shape index (κ1) is 21.7. The molecule has 0 spiro atoms. The average Bonchev–Trinajstić information content (AvgIpc) is 2.75. The number of methoxy groups -OCH3 is 1. The molecule has 6 nitrogen and oxygen atoms in total. The van der Waals surface area contributed by atoms with Crippen LogP contribution in [0.15, 0.2) is 57.7 Å². The SMILES string of the molecule is COc1ccc(N(C)c2cc(=O)oc3ccccc23)cc1OC(=O)CCCCCCl. The van der Waals surface area contributed by atoms with E-state index in [9.17, 15) is 9.59 Å². The van der Waals surface area contributed by atoms with Crippen LogP contribution < -0.4 is 20.0 Å². The molecule has 0 amide bonds. The lowest BCUT2D eigenvalue weighted by atomic mass is 10.1. The summed E-state index contributed by atoms with van der Waals surface area (Å²) in [6.45, 7) is 0. The number of carbonyl (C=O) groups is 1. The number of hydrogen-bond acceptors (Lipinski definition) is 6. The highest BCUT2D eigenvalue weighted by atomic mass is 35.5. The van der Waals surface area contributed by atoms with E-state index in [0.29, 0.717) is 35.1 Å². The number of para-hydroxylation sites is 1. The fraction of sp³-hybridized carbons (Fsp3) is 0.304. The van der Waals surface area contributed by atoms with Crippen LogP contribution in [0.5, 0.6) is 11.5 Å². The van der Waals surface area contributed by atoms with Crippen LogP contribution in [0.1, 0.15) is 25.7 Å². The van der Waals surface area contributed by atoms with Crippen molar-refractivity contribution < 1.29 is 18.7 Å². The van der Waals surface area contributed by atoms with E-state index in [4.69, 9.17) is 25.5 Å². The molecule has 3 aromatic rings. The largest absolute Gasteiger partial charge is 0.493 e. The van der Waals surface area contributed by atoms with Gasteiger partial charge in [-0.3, -0.25) is 4.79 Å². The monoisotopic (exact) mass is 429 g/mol. The molecule has 0 radical (unpaired) electrons. The number of nitrogens with zero attached hydrogens (tertiary/aromatic N) is 1. The molecule has 2 aromatic carbocycles. The van der Waals surface area contributed by atoms with Gasteiger partial charge in [-0.2, -0.15) is 0 Å². The van der Waals surface area contributed by atoms with Gasteiger partial charge in [0.2, 0.25) is 0 Å². The molecule has 158 valence electrons. The summed E-state index contributed by atoms with van der Waals surface area (Å²) in [6.07, 6.45) is 2.78. The topological polar surface area (TPSA) is 69.0 Å². The minimum Gasteiger partial charge on any atom is -0.493 e. The van der Waals surface area contributed by atoms with Crippen molar-refractivity contribution in [2.75, 3.05) is 24.9 Å². The standard InChI is InChI=1S/C23H24ClNO5/c1-25(18-15-23(27)29-19-9-6-5-8-17(18)19)16-11-12-20(28-2)21(14-16)30-22(26)10-4-3-7-13-24/h5-6,8-9,11-12,14-15H,3-4,7,10,13H2,1-2H3. The first-order chi connectivity index (χ1) is 14.5. The van der Waals surface area contributed by atoms with Crippen molar-refractivity contribution in [2.45, 2.75) is 25.7 Å². The number of ether oxygens (including phenoxy) is 2. The maximum atomic E-state index is 12.2. The number of rotatable bonds is 9. The van der Waals surface area contributed by atoms with E-state index in [0.717, 1.165) is 30.3 Å². The Morgan fingerprint density at radius 1 is 1.07 bits per heavy atom. The second-order valence-electron chi connectivity index (χ2n) is 6.81. The highest BCUT2D eigenvalue weighted by molar-refractivity contribution is 6.17. The van der Waals surface area contributed by atoms with Crippen molar-refractivity contribution in [3.63, 3.8) is 0 Å². The third-order valence-electron chi connectivity index (χ3n) is 4.76. The third kappa shape index (κ3) is 5.13. The zero-order valence-corrected chi connectivity index (χ0v) is 17.8. The Bertz CT molecular complexity index is 1080. The first-order valence-corrected chi connectivity index (χ1v) is 10.3. The molecule has 0 saturated carbocycles. The quantitative estimate of drug-likeness (QED) is 0.152. The Kier molecular flexibility index (Phi) is 7.36. The maximum Gasteiger partial charge on any atom is 0.338 e. The molecule has 0 aliphatic heterocycles. The Morgan fingerprint density at radius 3 is 2.63 bits per heavy atom. The summed E-state index contributed by atoms with van der Waals surface area (Å²) in [5.41, 5.74) is 1.48. The lowest BCUT2D eigenvalue weighted by Crippen LogP contribution is -2.14. The number of esters is 1. The summed E-state index contributed by atoms with van der Waals surface area (Å²) in [6, 6.07) is 14.1. The molecule has 0 N–H and O–H groups in total. The summed E-state index contributed by atoms with van der Waals surface area (Å²) in [7, 11) is 3.35. The molecule has 0 aliphatic carbocycles. The number of fused-ring (bicyclic) bond motifs is 1. The predicted octanol–water partition coefficient (Wildman–Crippen LogP) is 5.27. The van der Waals surface area contributed by atoms with Crippen molar-refractivity contribution in [3.8, 4) is 11.5 Å². The fourth-order valence-corrected chi connectivity index (χ4v) is 3.37. The van der Waals surface area contributed by atoms with Crippen molar-refractivity contribution >= 4 is 39.9 Å². The maximum absolute atomic E-state index is 12.2. The minimum absolute atomic E-state index is 0.310. The van der Waals surface area contributed by atoms with Gasteiger partial charge >= 0.3 is 11.6 Å². The molecule has 0 aliphatic rings. The van der Waals surface area contributed by atoms with Gasteiger partial charge in [-0.15, -0.1) is 11.6 Å². The van der Waals surface area contributed by atoms with E-state index in [2.05, 4.69) is 0 Å². The average molecular weight is 430 g/mol. The highest BCUT2D eigenvalue weighted by Gasteiger charge is 2.16. The fourth-order valence-electron chi connectivity index (χ4n) is 3.18. The van der Waals surface area contributed by atoms with Crippen LogP contribution in [-0.2, 0) is 4.79 Å². The summed E-state index contributed by atoms with van der Waals surface area (Å²) >= 11 is 5.67. The van der Waals surface area contributed by atoms with Crippen LogP contribution >= 0.6 is 11.6 Å². The number of hydrogen-bond donors (Lipinski definition) is 0. The van der Waals surface area contributed by atoms with E-state index >= 15 is 0 Å². The predicted molar refractivity (Wildman–Crippen MR) is 118 cm³/mol. The molecule has 0 bridgehead atoms. The van der Waals surface area contributed by atoms with Gasteiger partial charge < -0.3 is 18.8 Å². The molecule has 30 heavy (non-hydrogen) atoms.